The Morgan fingerprint density at radius 3 is 2.54 bits per heavy atom. The molecule has 26 heavy (non-hydrogen) atoms. The number of aromatic nitrogens is 2. The molecule has 0 aliphatic carbocycles. The van der Waals surface area contributed by atoms with Crippen LogP contribution in [0.3, 0.4) is 0 Å². The summed E-state index contributed by atoms with van der Waals surface area (Å²) in [6.45, 7) is 5.68. The van der Waals surface area contributed by atoms with Crippen LogP contribution in [-0.2, 0) is 17.8 Å². The van der Waals surface area contributed by atoms with Crippen molar-refractivity contribution < 1.29 is 4.79 Å². The maximum atomic E-state index is 12.4. The summed E-state index contributed by atoms with van der Waals surface area (Å²) in [5.74, 6) is 0.0496. The molecule has 0 atom stereocenters. The number of halogens is 1. The van der Waals surface area contributed by atoms with Gasteiger partial charge in [0.2, 0.25) is 5.91 Å². The maximum absolute atomic E-state index is 12.4. The van der Waals surface area contributed by atoms with Gasteiger partial charge in [0.15, 0.2) is 0 Å². The Kier molecular flexibility index (Phi) is 6.10. The smallest absolute Gasteiger partial charge is 0.325 e. The van der Waals surface area contributed by atoms with Gasteiger partial charge >= 0.3 is 5.69 Å². The number of thiophene rings is 1. The molecule has 1 saturated heterocycles. The van der Waals surface area contributed by atoms with Crippen molar-refractivity contribution in [1.29, 1.82) is 0 Å². The summed E-state index contributed by atoms with van der Waals surface area (Å²) in [5.41, 5.74) is 0.0702. The van der Waals surface area contributed by atoms with E-state index in [1.165, 1.54) is 4.88 Å². The van der Waals surface area contributed by atoms with E-state index in [0.29, 0.717) is 30.8 Å². The second kappa shape index (κ2) is 8.32. The summed E-state index contributed by atoms with van der Waals surface area (Å²) in [6.07, 6.45) is 0.605. The van der Waals surface area contributed by atoms with Gasteiger partial charge in [-0.2, -0.15) is 0 Å². The van der Waals surface area contributed by atoms with Crippen LogP contribution in [0, 0.1) is 6.92 Å². The Morgan fingerprint density at radius 2 is 1.92 bits per heavy atom. The molecule has 1 amide bonds. The highest BCUT2D eigenvalue weighted by Gasteiger charge is 2.21. The van der Waals surface area contributed by atoms with Gasteiger partial charge in [0.1, 0.15) is 0 Å². The molecule has 0 radical (unpaired) electrons. The van der Waals surface area contributed by atoms with E-state index in [1.54, 1.807) is 18.3 Å². The van der Waals surface area contributed by atoms with E-state index in [-0.39, 0.29) is 12.3 Å². The molecule has 1 fully saturated rings. The van der Waals surface area contributed by atoms with E-state index < -0.39 is 11.2 Å². The lowest BCUT2D eigenvalue weighted by Crippen LogP contribution is -2.48. The highest BCUT2D eigenvalue weighted by Crippen LogP contribution is 2.23. The second-order valence-corrected chi connectivity index (χ2v) is 8.92. The van der Waals surface area contributed by atoms with Crippen LogP contribution >= 0.6 is 27.3 Å². The van der Waals surface area contributed by atoms with Crippen LogP contribution in [0.15, 0.2) is 25.5 Å². The summed E-state index contributed by atoms with van der Waals surface area (Å²) >= 11 is 5.21. The molecule has 1 aliphatic rings. The summed E-state index contributed by atoms with van der Waals surface area (Å²) < 4.78 is 1.13. The van der Waals surface area contributed by atoms with Crippen LogP contribution in [-0.4, -0.2) is 51.9 Å². The lowest BCUT2D eigenvalue weighted by Gasteiger charge is -2.34. The molecule has 9 heteroatoms. The fraction of sp³-hybridized carbons (Fsp3) is 0.471. The topological polar surface area (TPSA) is 89.3 Å². The monoisotopic (exact) mass is 440 g/mol. The molecule has 2 N–H and O–H groups in total. The number of aryl methyl sites for hydroxylation is 1. The van der Waals surface area contributed by atoms with E-state index >= 15 is 0 Å². The molecule has 3 heterocycles. The first-order valence-corrected chi connectivity index (χ1v) is 10.1. The zero-order valence-electron chi connectivity index (χ0n) is 14.5. The normalized spacial score (nSPS) is 15.4. The number of hydrogen-bond donors (Lipinski definition) is 2. The van der Waals surface area contributed by atoms with Gasteiger partial charge in [0.25, 0.3) is 5.56 Å². The van der Waals surface area contributed by atoms with Crippen LogP contribution in [0.5, 0.6) is 0 Å². The molecule has 0 unspecified atom stereocenters. The van der Waals surface area contributed by atoms with Gasteiger partial charge in [0, 0.05) is 55.3 Å². The Bertz CT molecular complexity index is 896. The summed E-state index contributed by atoms with van der Waals surface area (Å²) in [6, 6.07) is 4.18. The zero-order valence-corrected chi connectivity index (χ0v) is 16.9. The van der Waals surface area contributed by atoms with Crippen molar-refractivity contribution in [1.82, 2.24) is 19.8 Å². The average molecular weight is 441 g/mol. The maximum Gasteiger partial charge on any atom is 0.325 e. The SMILES string of the molecule is Cc1[nH]c(=O)[nH]c(=O)c1CCC(=O)N1CCN(Cc2ccc(Br)s2)CC1. The number of nitrogens with zero attached hydrogens (tertiary/aromatic N) is 2. The molecular weight excluding hydrogens is 420 g/mol. The van der Waals surface area contributed by atoms with Crippen molar-refractivity contribution in [2.75, 3.05) is 26.2 Å². The van der Waals surface area contributed by atoms with Gasteiger partial charge in [0.05, 0.1) is 3.79 Å². The Hall–Kier alpha value is -1.71. The van der Waals surface area contributed by atoms with Gasteiger partial charge in [-0.1, -0.05) is 0 Å². The first kappa shape index (κ1) is 19.1. The molecule has 0 aromatic carbocycles. The first-order valence-electron chi connectivity index (χ1n) is 8.49. The number of amides is 1. The number of piperazine rings is 1. The van der Waals surface area contributed by atoms with Gasteiger partial charge in [-0.25, -0.2) is 4.79 Å². The van der Waals surface area contributed by atoms with Crippen molar-refractivity contribution in [2.24, 2.45) is 0 Å². The van der Waals surface area contributed by atoms with Gasteiger partial charge in [-0.3, -0.25) is 19.5 Å². The third-order valence-electron chi connectivity index (χ3n) is 4.58. The van der Waals surface area contributed by atoms with Crippen molar-refractivity contribution in [3.63, 3.8) is 0 Å². The minimum Gasteiger partial charge on any atom is -0.340 e. The van der Waals surface area contributed by atoms with Crippen molar-refractivity contribution in [2.45, 2.75) is 26.3 Å². The minimum absolute atomic E-state index is 0.0496. The molecule has 3 rings (SSSR count). The quantitative estimate of drug-likeness (QED) is 0.736. The van der Waals surface area contributed by atoms with Crippen LogP contribution in [0.2, 0.25) is 0 Å². The molecule has 1 aliphatic heterocycles. The third kappa shape index (κ3) is 4.72. The average Bonchev–Trinajstić information content (AvgIpc) is 2.99. The third-order valence-corrected chi connectivity index (χ3v) is 6.19. The number of hydrogen-bond acceptors (Lipinski definition) is 5. The number of H-pyrrole nitrogens is 2. The number of aromatic amines is 2. The summed E-state index contributed by atoms with van der Waals surface area (Å²) in [5, 5.41) is 0. The largest absolute Gasteiger partial charge is 0.340 e. The molecule has 2 aromatic rings. The molecule has 0 spiro atoms. The second-order valence-electron chi connectivity index (χ2n) is 6.37. The lowest BCUT2D eigenvalue weighted by atomic mass is 10.1. The first-order chi connectivity index (χ1) is 12.4. The fourth-order valence-corrected chi connectivity index (χ4v) is 4.66. The molecule has 2 aromatic heterocycles. The van der Waals surface area contributed by atoms with Crippen LogP contribution in [0.4, 0.5) is 0 Å². The molecule has 140 valence electrons. The summed E-state index contributed by atoms with van der Waals surface area (Å²) in [7, 11) is 0. The zero-order chi connectivity index (χ0) is 18.7. The van der Waals surface area contributed by atoms with Crippen LogP contribution in [0.25, 0.3) is 0 Å². The van der Waals surface area contributed by atoms with Crippen LogP contribution in [0.1, 0.15) is 22.6 Å². The number of nitrogens with one attached hydrogen (secondary N) is 2. The molecule has 0 bridgehead atoms. The molecular formula is C17H21BrN4O3S. The van der Waals surface area contributed by atoms with Gasteiger partial charge < -0.3 is 9.88 Å². The predicted molar refractivity (Wildman–Crippen MR) is 105 cm³/mol. The standard InChI is InChI=1S/C17H21BrN4O3S/c1-11-13(16(24)20-17(25)19-11)3-5-15(23)22-8-6-21(7-9-22)10-12-2-4-14(18)26-12/h2,4H,3,5-10H2,1H3,(H2,19,20,24,25). The van der Waals surface area contributed by atoms with Gasteiger partial charge in [-0.05, 0) is 41.4 Å². The number of carbonyl (C=O) groups excluding carboxylic acids is 1. The van der Waals surface area contributed by atoms with E-state index in [0.717, 1.165) is 23.4 Å². The van der Waals surface area contributed by atoms with Crippen molar-refractivity contribution in [3.05, 3.63) is 52.9 Å². The van der Waals surface area contributed by atoms with E-state index in [1.807, 2.05) is 4.90 Å². The van der Waals surface area contributed by atoms with Crippen molar-refractivity contribution >= 4 is 33.2 Å². The lowest BCUT2D eigenvalue weighted by molar-refractivity contribution is -0.133. The van der Waals surface area contributed by atoms with Gasteiger partial charge in [-0.15, -0.1) is 11.3 Å². The van der Waals surface area contributed by atoms with Crippen LogP contribution < -0.4 is 11.2 Å². The number of carbonyl (C=O) groups is 1. The Balaban J connectivity index is 1.49. The highest BCUT2D eigenvalue weighted by molar-refractivity contribution is 9.11. The fourth-order valence-electron chi connectivity index (χ4n) is 3.13. The predicted octanol–water partition coefficient (Wildman–Crippen LogP) is 1.47. The summed E-state index contributed by atoms with van der Waals surface area (Å²) in [4.78, 5) is 45.8. The Labute approximate surface area is 163 Å². The van der Waals surface area contributed by atoms with E-state index in [9.17, 15) is 14.4 Å². The Morgan fingerprint density at radius 1 is 1.19 bits per heavy atom. The van der Waals surface area contributed by atoms with E-state index in [4.69, 9.17) is 0 Å². The highest BCUT2D eigenvalue weighted by atomic mass is 79.9. The molecule has 0 saturated carbocycles. The van der Waals surface area contributed by atoms with E-state index in [2.05, 4.69) is 42.9 Å². The van der Waals surface area contributed by atoms with Crippen molar-refractivity contribution in [3.8, 4) is 0 Å². The number of rotatable bonds is 5. The minimum atomic E-state index is -0.517. The molecule has 7 nitrogen and oxygen atoms in total.